The van der Waals surface area contributed by atoms with Gasteiger partial charge in [-0.1, -0.05) is 12.1 Å². The Morgan fingerprint density at radius 3 is 2.00 bits per heavy atom. The fraction of sp³-hybridized carbons (Fsp3) is 0.778. The predicted octanol–water partition coefficient (Wildman–Crippen LogP) is 1.15. The highest BCUT2D eigenvalue weighted by Crippen LogP contribution is 2.25. The molecule has 0 saturated carbocycles. The summed E-state index contributed by atoms with van der Waals surface area (Å²) in [6, 6.07) is 0. The molecular formula is C9H19BO3. The predicted molar refractivity (Wildman–Crippen MR) is 54.2 cm³/mol. The van der Waals surface area contributed by atoms with Crippen molar-refractivity contribution in [3.63, 3.8) is 0 Å². The van der Waals surface area contributed by atoms with Crippen molar-refractivity contribution < 1.29 is 14.8 Å². The van der Waals surface area contributed by atoms with Crippen LogP contribution in [0.2, 0.25) is 0 Å². The van der Waals surface area contributed by atoms with Gasteiger partial charge in [0.05, 0.1) is 11.2 Å². The maximum absolute atomic E-state index is 9.70. The first-order chi connectivity index (χ1) is 5.70. The molecule has 0 aliphatic carbocycles. The molecule has 3 nitrogen and oxygen atoms in total. The van der Waals surface area contributed by atoms with Gasteiger partial charge < -0.3 is 14.8 Å². The van der Waals surface area contributed by atoms with E-state index in [1.165, 1.54) is 5.98 Å². The number of hydrogen-bond donors (Lipinski definition) is 2. The Morgan fingerprint density at radius 1 is 1.23 bits per heavy atom. The Balaban J connectivity index is 4.33. The zero-order valence-electron chi connectivity index (χ0n) is 9.03. The minimum absolute atomic E-state index is 0.786. The first kappa shape index (κ1) is 12.7. The minimum Gasteiger partial charge on any atom is -0.423 e. The molecule has 0 aromatic heterocycles. The van der Waals surface area contributed by atoms with Crippen molar-refractivity contribution >= 4 is 7.12 Å². The smallest absolute Gasteiger partial charge is 0.423 e. The normalized spacial score (nSPS) is 13.8. The van der Waals surface area contributed by atoms with Crippen LogP contribution in [0.15, 0.2) is 12.1 Å². The largest absolute Gasteiger partial charge is 0.483 e. The van der Waals surface area contributed by atoms with Gasteiger partial charge in [0.1, 0.15) is 0 Å². The second kappa shape index (κ2) is 4.27. The van der Waals surface area contributed by atoms with E-state index in [0.29, 0.717) is 0 Å². The molecule has 0 aromatic carbocycles. The van der Waals surface area contributed by atoms with Crippen LogP contribution in [0.5, 0.6) is 0 Å². The molecule has 0 aliphatic heterocycles. The summed E-state index contributed by atoms with van der Waals surface area (Å²) in [5, 5.41) is 19.0. The molecule has 0 bridgehead atoms. The van der Waals surface area contributed by atoms with Gasteiger partial charge in [0.15, 0.2) is 0 Å². The molecule has 0 heterocycles. The van der Waals surface area contributed by atoms with E-state index in [2.05, 4.69) is 0 Å². The van der Waals surface area contributed by atoms with Crippen LogP contribution in [0.3, 0.4) is 0 Å². The summed E-state index contributed by atoms with van der Waals surface area (Å²) in [5.41, 5.74) is -1.78. The van der Waals surface area contributed by atoms with Crippen LogP contribution in [0.1, 0.15) is 34.6 Å². The first-order valence-electron chi connectivity index (χ1n) is 4.42. The lowest BCUT2D eigenvalue weighted by molar-refractivity contribution is -0.0984. The molecule has 0 radical (unpaired) electrons. The molecule has 0 rings (SSSR count). The third-order valence-electron chi connectivity index (χ3n) is 2.25. The van der Waals surface area contributed by atoms with Gasteiger partial charge >= 0.3 is 7.12 Å². The van der Waals surface area contributed by atoms with Crippen molar-refractivity contribution in [3.05, 3.63) is 12.1 Å². The summed E-state index contributed by atoms with van der Waals surface area (Å²) in [5.74, 6) is 1.52. The molecule has 0 spiro atoms. The highest BCUT2D eigenvalue weighted by atomic mass is 16.5. The van der Waals surface area contributed by atoms with E-state index >= 15 is 0 Å². The lowest BCUT2D eigenvalue weighted by Gasteiger charge is -2.38. The van der Waals surface area contributed by atoms with Gasteiger partial charge in [-0.05, 0) is 34.6 Å². The van der Waals surface area contributed by atoms with Gasteiger partial charge in [0.25, 0.3) is 0 Å². The van der Waals surface area contributed by atoms with Crippen LogP contribution < -0.4 is 0 Å². The third kappa shape index (κ3) is 3.94. The second-order valence-electron chi connectivity index (χ2n) is 4.10. The van der Waals surface area contributed by atoms with Gasteiger partial charge in [0.2, 0.25) is 0 Å². The number of allylic oxidation sites excluding steroid dienone is 1. The van der Waals surface area contributed by atoms with E-state index in [1.54, 1.807) is 40.7 Å². The van der Waals surface area contributed by atoms with Crippen molar-refractivity contribution in [1.82, 2.24) is 0 Å². The molecular weight excluding hydrogens is 167 g/mol. The van der Waals surface area contributed by atoms with Gasteiger partial charge in [-0.3, -0.25) is 0 Å². The first-order valence-corrected chi connectivity index (χ1v) is 4.42. The average Bonchev–Trinajstić information content (AvgIpc) is 1.83. The second-order valence-corrected chi connectivity index (χ2v) is 4.10. The quantitative estimate of drug-likeness (QED) is 0.647. The lowest BCUT2D eigenvalue weighted by atomic mass is 9.83. The van der Waals surface area contributed by atoms with Crippen molar-refractivity contribution in [2.75, 3.05) is 0 Å². The van der Waals surface area contributed by atoms with Gasteiger partial charge in [-0.25, -0.2) is 0 Å². The Bertz CT molecular complexity index is 182. The third-order valence-corrected chi connectivity index (χ3v) is 2.25. The molecule has 0 aromatic rings. The monoisotopic (exact) mass is 186 g/mol. The Hall–Kier alpha value is -0.315. The SMILES string of the molecule is C/C=C\B(O)OC(C)(C)C(C)(C)O. The molecule has 0 unspecified atom stereocenters. The van der Waals surface area contributed by atoms with Crippen molar-refractivity contribution in [1.29, 1.82) is 0 Å². The summed E-state index contributed by atoms with van der Waals surface area (Å²) in [7, 11) is -0.966. The van der Waals surface area contributed by atoms with Crippen molar-refractivity contribution in [3.8, 4) is 0 Å². The number of rotatable bonds is 4. The fourth-order valence-electron chi connectivity index (χ4n) is 0.650. The standard InChI is InChI=1S/C9H19BO3/c1-6-7-10(12)13-9(4,5)8(2,3)11/h6-7,11-12H,1-5H3/b7-6-. The Labute approximate surface area is 80.6 Å². The topological polar surface area (TPSA) is 49.7 Å². The van der Waals surface area contributed by atoms with E-state index in [-0.39, 0.29) is 0 Å². The summed E-state index contributed by atoms with van der Waals surface area (Å²) in [4.78, 5) is 0. The van der Waals surface area contributed by atoms with E-state index in [0.717, 1.165) is 0 Å². The van der Waals surface area contributed by atoms with Crippen molar-refractivity contribution in [2.24, 2.45) is 0 Å². The van der Waals surface area contributed by atoms with Crippen LogP contribution in [-0.2, 0) is 4.65 Å². The lowest BCUT2D eigenvalue weighted by Crippen LogP contribution is -2.50. The zero-order valence-corrected chi connectivity index (χ0v) is 9.03. The minimum atomic E-state index is -0.991. The van der Waals surface area contributed by atoms with Crippen LogP contribution in [-0.4, -0.2) is 28.5 Å². The van der Waals surface area contributed by atoms with Crippen LogP contribution in [0.25, 0.3) is 0 Å². The Kier molecular flexibility index (Phi) is 4.16. The summed E-state index contributed by atoms with van der Waals surface area (Å²) >= 11 is 0. The highest BCUT2D eigenvalue weighted by Gasteiger charge is 2.38. The van der Waals surface area contributed by atoms with Crippen LogP contribution in [0, 0.1) is 0 Å². The Morgan fingerprint density at radius 2 is 1.69 bits per heavy atom. The molecule has 0 amide bonds. The van der Waals surface area contributed by atoms with Gasteiger partial charge in [-0.2, -0.15) is 0 Å². The highest BCUT2D eigenvalue weighted by molar-refractivity contribution is 6.49. The fourth-order valence-corrected chi connectivity index (χ4v) is 0.650. The van der Waals surface area contributed by atoms with E-state index in [4.69, 9.17) is 4.65 Å². The van der Waals surface area contributed by atoms with E-state index in [9.17, 15) is 10.1 Å². The van der Waals surface area contributed by atoms with E-state index < -0.39 is 18.3 Å². The molecule has 2 N–H and O–H groups in total. The molecule has 0 fully saturated rings. The summed E-state index contributed by atoms with van der Waals surface area (Å²) < 4.78 is 5.26. The average molecular weight is 186 g/mol. The maximum Gasteiger partial charge on any atom is 0.483 e. The number of hydrogen-bond acceptors (Lipinski definition) is 3. The summed E-state index contributed by atoms with van der Waals surface area (Å²) in [6.45, 7) is 8.56. The molecule has 13 heavy (non-hydrogen) atoms. The zero-order chi connectivity index (χ0) is 10.7. The molecule has 4 heteroatoms. The molecule has 0 aliphatic rings. The molecule has 0 saturated heterocycles. The van der Waals surface area contributed by atoms with Crippen molar-refractivity contribution in [2.45, 2.75) is 45.8 Å². The van der Waals surface area contributed by atoms with Crippen LogP contribution >= 0.6 is 0 Å². The van der Waals surface area contributed by atoms with E-state index in [1.807, 2.05) is 0 Å². The van der Waals surface area contributed by atoms with Crippen LogP contribution in [0.4, 0.5) is 0 Å². The summed E-state index contributed by atoms with van der Waals surface area (Å²) in [6.07, 6.45) is 1.70. The number of aliphatic hydroxyl groups is 1. The van der Waals surface area contributed by atoms with Gasteiger partial charge in [-0.15, -0.1) is 0 Å². The molecule has 0 atom stereocenters. The molecule has 76 valence electrons. The maximum atomic E-state index is 9.70. The van der Waals surface area contributed by atoms with Gasteiger partial charge in [0, 0.05) is 0 Å².